The Morgan fingerprint density at radius 2 is 1.57 bits per heavy atom. The molecule has 9 heteroatoms. The second-order valence-corrected chi connectivity index (χ2v) is 10.1. The monoisotopic (exact) mass is 543 g/mol. The molecule has 0 saturated carbocycles. The summed E-state index contributed by atoms with van der Waals surface area (Å²) < 4.78 is 13.8. The molecule has 3 amide bonds. The van der Waals surface area contributed by atoms with Gasteiger partial charge >= 0.3 is 0 Å². The lowest BCUT2D eigenvalue weighted by Crippen LogP contribution is -2.46. The Bertz CT molecular complexity index is 1360. The molecule has 0 aliphatic carbocycles. The molecule has 8 nitrogen and oxygen atoms in total. The number of rotatable bonds is 6. The first-order chi connectivity index (χ1) is 19.5. The van der Waals surface area contributed by atoms with Crippen LogP contribution in [-0.4, -0.2) is 79.9 Å². The minimum absolute atomic E-state index is 0.0876. The van der Waals surface area contributed by atoms with Gasteiger partial charge < -0.3 is 25.3 Å². The van der Waals surface area contributed by atoms with Crippen LogP contribution < -0.4 is 15.5 Å². The third-order valence-electron chi connectivity index (χ3n) is 7.37. The Morgan fingerprint density at radius 3 is 2.35 bits per heavy atom. The molecule has 208 valence electrons. The molecule has 5 rings (SSSR count). The first-order valence-corrected chi connectivity index (χ1v) is 13.8. The zero-order chi connectivity index (χ0) is 27.9. The molecule has 2 aliphatic rings. The van der Waals surface area contributed by atoms with Gasteiger partial charge in [0, 0.05) is 63.5 Å². The van der Waals surface area contributed by atoms with E-state index < -0.39 is 11.7 Å². The fourth-order valence-electron chi connectivity index (χ4n) is 5.21. The lowest BCUT2D eigenvalue weighted by Gasteiger charge is -2.29. The first-order valence-electron chi connectivity index (χ1n) is 13.8. The number of nitrogens with zero attached hydrogens (tertiary/aromatic N) is 3. The molecular formula is C31H34FN5O3. The largest absolute Gasteiger partial charge is 0.368 e. The summed E-state index contributed by atoms with van der Waals surface area (Å²) in [5, 5.41) is 6.17. The van der Waals surface area contributed by atoms with E-state index in [1.54, 1.807) is 23.1 Å². The van der Waals surface area contributed by atoms with E-state index in [0.29, 0.717) is 56.9 Å². The standard InChI is InChI=1S/C31H34FN5O3/c32-26-9-4-8-24(21-26)30(39)34-27-22-25(31(40)37-16-12-33-13-17-37)10-11-28(27)35-14-5-15-36(19-18-35)29(38)20-23-6-2-1-3-7-23/h1-4,6-11,21-22,33H,5,12-20H2,(H,34,39). The van der Waals surface area contributed by atoms with Gasteiger partial charge in [0.25, 0.3) is 11.8 Å². The molecule has 0 atom stereocenters. The molecule has 2 N–H and O–H groups in total. The zero-order valence-corrected chi connectivity index (χ0v) is 22.4. The van der Waals surface area contributed by atoms with Crippen molar-refractivity contribution in [1.29, 1.82) is 0 Å². The molecule has 0 aromatic heterocycles. The van der Waals surface area contributed by atoms with Crippen LogP contribution in [0.15, 0.2) is 72.8 Å². The highest BCUT2D eigenvalue weighted by Gasteiger charge is 2.24. The van der Waals surface area contributed by atoms with Gasteiger partial charge in [-0.1, -0.05) is 36.4 Å². The van der Waals surface area contributed by atoms with Crippen molar-refractivity contribution in [1.82, 2.24) is 15.1 Å². The van der Waals surface area contributed by atoms with E-state index in [2.05, 4.69) is 15.5 Å². The molecule has 0 radical (unpaired) electrons. The smallest absolute Gasteiger partial charge is 0.255 e. The van der Waals surface area contributed by atoms with E-state index in [1.807, 2.05) is 41.3 Å². The second-order valence-electron chi connectivity index (χ2n) is 10.1. The molecule has 40 heavy (non-hydrogen) atoms. The van der Waals surface area contributed by atoms with Crippen LogP contribution in [0.2, 0.25) is 0 Å². The Hall–Kier alpha value is -4.24. The summed E-state index contributed by atoms with van der Waals surface area (Å²) in [5.74, 6) is -0.960. The van der Waals surface area contributed by atoms with Gasteiger partial charge in [-0.2, -0.15) is 0 Å². The Kier molecular flexibility index (Phi) is 8.71. The van der Waals surface area contributed by atoms with Crippen LogP contribution in [0.4, 0.5) is 15.8 Å². The average Bonchev–Trinajstić information content (AvgIpc) is 3.24. The molecule has 2 aliphatic heterocycles. The fourth-order valence-corrected chi connectivity index (χ4v) is 5.21. The first kappa shape index (κ1) is 27.3. The quantitative estimate of drug-likeness (QED) is 0.498. The van der Waals surface area contributed by atoms with E-state index in [1.165, 1.54) is 18.2 Å². The lowest BCUT2D eigenvalue weighted by molar-refractivity contribution is -0.130. The van der Waals surface area contributed by atoms with Crippen LogP contribution in [0.25, 0.3) is 0 Å². The number of hydrogen-bond acceptors (Lipinski definition) is 5. The Labute approximate surface area is 233 Å². The molecule has 2 fully saturated rings. The predicted octanol–water partition coefficient (Wildman–Crippen LogP) is 3.40. The van der Waals surface area contributed by atoms with Crippen LogP contribution in [0.1, 0.15) is 32.7 Å². The van der Waals surface area contributed by atoms with Gasteiger partial charge in [0.05, 0.1) is 17.8 Å². The number of hydrogen-bond donors (Lipinski definition) is 2. The van der Waals surface area contributed by atoms with E-state index >= 15 is 0 Å². The maximum atomic E-state index is 13.8. The van der Waals surface area contributed by atoms with Gasteiger partial charge in [-0.15, -0.1) is 0 Å². The molecule has 0 spiro atoms. The highest BCUT2D eigenvalue weighted by atomic mass is 19.1. The van der Waals surface area contributed by atoms with Crippen molar-refractivity contribution in [2.75, 3.05) is 62.6 Å². The van der Waals surface area contributed by atoms with Crippen molar-refractivity contribution in [3.05, 3.63) is 95.3 Å². The summed E-state index contributed by atoms with van der Waals surface area (Å²) in [6.07, 6.45) is 1.12. The maximum absolute atomic E-state index is 13.8. The number of carbonyl (C=O) groups is 3. The van der Waals surface area contributed by atoms with Gasteiger partial charge in [0.2, 0.25) is 5.91 Å². The van der Waals surface area contributed by atoms with Gasteiger partial charge in [0.1, 0.15) is 5.82 Å². The van der Waals surface area contributed by atoms with E-state index in [9.17, 15) is 18.8 Å². The number of piperazine rings is 1. The topological polar surface area (TPSA) is 85.0 Å². The molecule has 0 unspecified atom stereocenters. The summed E-state index contributed by atoms with van der Waals surface area (Å²) in [6.45, 7) is 5.16. The Balaban J connectivity index is 1.36. The van der Waals surface area contributed by atoms with E-state index in [0.717, 1.165) is 30.8 Å². The van der Waals surface area contributed by atoms with Crippen LogP contribution in [0, 0.1) is 5.82 Å². The van der Waals surface area contributed by atoms with Crippen LogP contribution in [0.3, 0.4) is 0 Å². The van der Waals surface area contributed by atoms with Crippen molar-refractivity contribution in [2.45, 2.75) is 12.8 Å². The minimum atomic E-state index is -0.497. The number of amides is 3. The molecule has 3 aromatic carbocycles. The zero-order valence-electron chi connectivity index (χ0n) is 22.4. The number of anilines is 2. The van der Waals surface area contributed by atoms with Gasteiger partial charge in [0.15, 0.2) is 0 Å². The molecule has 2 saturated heterocycles. The fraction of sp³-hybridized carbons (Fsp3) is 0.323. The van der Waals surface area contributed by atoms with Gasteiger partial charge in [-0.05, 0) is 48.4 Å². The van der Waals surface area contributed by atoms with Crippen molar-refractivity contribution in [3.8, 4) is 0 Å². The summed E-state index contributed by atoms with van der Waals surface area (Å²) in [7, 11) is 0. The summed E-state index contributed by atoms with van der Waals surface area (Å²) in [4.78, 5) is 45.2. The van der Waals surface area contributed by atoms with Crippen LogP contribution in [0.5, 0.6) is 0 Å². The van der Waals surface area contributed by atoms with Crippen molar-refractivity contribution in [3.63, 3.8) is 0 Å². The molecular weight excluding hydrogens is 509 g/mol. The lowest BCUT2D eigenvalue weighted by atomic mass is 10.1. The molecule has 2 heterocycles. The van der Waals surface area contributed by atoms with E-state index in [4.69, 9.17) is 0 Å². The number of nitrogens with one attached hydrogen (secondary N) is 2. The third kappa shape index (κ3) is 6.66. The van der Waals surface area contributed by atoms with Gasteiger partial charge in [-0.3, -0.25) is 14.4 Å². The molecule has 3 aromatic rings. The van der Waals surface area contributed by atoms with Crippen LogP contribution in [-0.2, 0) is 11.2 Å². The minimum Gasteiger partial charge on any atom is -0.368 e. The second kappa shape index (κ2) is 12.7. The SMILES string of the molecule is O=C(Nc1cc(C(=O)N2CCNCC2)ccc1N1CCCN(C(=O)Cc2ccccc2)CC1)c1cccc(F)c1. The van der Waals surface area contributed by atoms with Gasteiger partial charge in [-0.25, -0.2) is 4.39 Å². The van der Waals surface area contributed by atoms with Crippen LogP contribution >= 0.6 is 0 Å². The number of benzene rings is 3. The number of halogens is 1. The highest BCUT2D eigenvalue weighted by Crippen LogP contribution is 2.30. The summed E-state index contributed by atoms with van der Waals surface area (Å²) in [5.41, 5.74) is 2.91. The normalized spacial score (nSPS) is 15.9. The summed E-state index contributed by atoms with van der Waals surface area (Å²) in [6, 6.07) is 20.6. The molecule has 0 bridgehead atoms. The van der Waals surface area contributed by atoms with Crippen molar-refractivity contribution >= 4 is 29.1 Å². The summed E-state index contributed by atoms with van der Waals surface area (Å²) >= 11 is 0. The average molecular weight is 544 g/mol. The van der Waals surface area contributed by atoms with E-state index in [-0.39, 0.29) is 17.4 Å². The van der Waals surface area contributed by atoms with Crippen molar-refractivity contribution in [2.24, 2.45) is 0 Å². The Morgan fingerprint density at radius 1 is 0.775 bits per heavy atom. The third-order valence-corrected chi connectivity index (χ3v) is 7.37. The highest BCUT2D eigenvalue weighted by molar-refractivity contribution is 6.07. The maximum Gasteiger partial charge on any atom is 0.255 e. The number of carbonyl (C=O) groups excluding carboxylic acids is 3. The van der Waals surface area contributed by atoms with Crippen molar-refractivity contribution < 1.29 is 18.8 Å². The predicted molar refractivity (Wildman–Crippen MR) is 153 cm³/mol.